The van der Waals surface area contributed by atoms with Gasteiger partial charge in [0.1, 0.15) is 5.75 Å². The number of nitrogens with zero attached hydrogens (tertiary/aromatic N) is 1. The van der Waals surface area contributed by atoms with Gasteiger partial charge in [0.05, 0.1) is 25.1 Å². The van der Waals surface area contributed by atoms with Gasteiger partial charge in [0, 0.05) is 22.9 Å². The number of hydrogen-bond donors (Lipinski definition) is 0. The molecule has 1 aliphatic heterocycles. The van der Waals surface area contributed by atoms with Gasteiger partial charge in [-0.25, -0.2) is 0 Å². The SMILES string of the molecule is COc1ccc(-c2cnsc2-c2cc(OC)c3c(c2)OCO3)cc1C(=O)[O-]. The second-order valence-corrected chi connectivity index (χ2v) is 6.49. The van der Waals surface area contributed by atoms with E-state index in [4.69, 9.17) is 18.9 Å². The number of carboxylic acid groups (broad SMARTS) is 1. The van der Waals surface area contributed by atoms with Gasteiger partial charge < -0.3 is 28.8 Å². The summed E-state index contributed by atoms with van der Waals surface area (Å²) < 4.78 is 25.7. The lowest BCUT2D eigenvalue weighted by Gasteiger charge is -2.12. The third-order valence-electron chi connectivity index (χ3n) is 4.22. The Bertz CT molecular complexity index is 1030. The molecule has 0 unspecified atom stereocenters. The molecule has 0 atom stereocenters. The highest BCUT2D eigenvalue weighted by molar-refractivity contribution is 7.10. The van der Waals surface area contributed by atoms with Crippen LogP contribution in [0.15, 0.2) is 36.5 Å². The fourth-order valence-corrected chi connectivity index (χ4v) is 3.70. The van der Waals surface area contributed by atoms with Crippen LogP contribution in [0.5, 0.6) is 23.0 Å². The van der Waals surface area contributed by atoms with E-state index < -0.39 is 5.97 Å². The smallest absolute Gasteiger partial charge is 0.231 e. The maximum Gasteiger partial charge on any atom is 0.231 e. The number of aromatic nitrogens is 1. The van der Waals surface area contributed by atoms with Crippen molar-refractivity contribution >= 4 is 17.5 Å². The molecule has 0 aliphatic carbocycles. The average molecular weight is 384 g/mol. The van der Waals surface area contributed by atoms with E-state index in [1.807, 2.05) is 12.1 Å². The molecule has 27 heavy (non-hydrogen) atoms. The molecule has 0 N–H and O–H groups in total. The summed E-state index contributed by atoms with van der Waals surface area (Å²) in [6.45, 7) is 0.137. The minimum Gasteiger partial charge on any atom is -0.545 e. The van der Waals surface area contributed by atoms with Crippen molar-refractivity contribution in [2.75, 3.05) is 21.0 Å². The number of hydrogen-bond acceptors (Lipinski definition) is 8. The molecule has 1 aliphatic rings. The molecule has 7 nitrogen and oxygen atoms in total. The van der Waals surface area contributed by atoms with Crippen LogP contribution in [0.4, 0.5) is 0 Å². The summed E-state index contributed by atoms with van der Waals surface area (Å²) in [4.78, 5) is 12.3. The van der Waals surface area contributed by atoms with Crippen molar-refractivity contribution in [3.8, 4) is 44.6 Å². The maximum absolute atomic E-state index is 11.4. The standard InChI is InChI=1S/C19H15NO6S/c1-23-14-4-3-10(5-12(14)19(21)22)13-8-20-27-18(13)11-6-15(24-2)17-16(7-11)25-9-26-17/h3-8H,9H2,1-2H3,(H,21,22)/p-1. The summed E-state index contributed by atoms with van der Waals surface area (Å²) in [5.74, 6) is 0.658. The highest BCUT2D eigenvalue weighted by Crippen LogP contribution is 2.46. The fourth-order valence-electron chi connectivity index (χ4n) is 2.95. The number of methoxy groups -OCH3 is 2. The number of carboxylic acids is 1. The Labute approximate surface area is 158 Å². The first-order valence-electron chi connectivity index (χ1n) is 7.94. The van der Waals surface area contributed by atoms with Crippen LogP contribution in [0, 0.1) is 0 Å². The molecule has 4 rings (SSSR count). The first-order chi connectivity index (χ1) is 13.1. The van der Waals surface area contributed by atoms with Crippen molar-refractivity contribution in [2.24, 2.45) is 0 Å². The van der Waals surface area contributed by atoms with E-state index in [1.165, 1.54) is 24.7 Å². The molecular weight excluding hydrogens is 370 g/mol. The molecule has 0 bridgehead atoms. The Morgan fingerprint density at radius 3 is 2.67 bits per heavy atom. The minimum atomic E-state index is -1.30. The van der Waals surface area contributed by atoms with Gasteiger partial charge in [-0.3, -0.25) is 0 Å². The number of carbonyl (C=O) groups excluding carboxylic acids is 1. The molecule has 0 spiro atoms. The van der Waals surface area contributed by atoms with Gasteiger partial charge in [-0.05, 0) is 41.4 Å². The predicted molar refractivity (Wildman–Crippen MR) is 96.5 cm³/mol. The van der Waals surface area contributed by atoms with Crippen LogP contribution in [-0.2, 0) is 0 Å². The molecule has 0 saturated heterocycles. The van der Waals surface area contributed by atoms with Gasteiger partial charge in [-0.15, -0.1) is 0 Å². The lowest BCUT2D eigenvalue weighted by Crippen LogP contribution is -2.23. The summed E-state index contributed by atoms with van der Waals surface area (Å²) >= 11 is 1.29. The lowest BCUT2D eigenvalue weighted by atomic mass is 10.0. The summed E-state index contributed by atoms with van der Waals surface area (Å²) in [6.07, 6.45) is 1.69. The zero-order valence-corrected chi connectivity index (χ0v) is 15.3. The number of rotatable bonds is 5. The average Bonchev–Trinajstić information content (AvgIpc) is 3.35. The van der Waals surface area contributed by atoms with Crippen molar-refractivity contribution in [1.82, 2.24) is 4.37 Å². The Hall–Kier alpha value is -3.26. The van der Waals surface area contributed by atoms with Gasteiger partial charge in [0.25, 0.3) is 0 Å². The van der Waals surface area contributed by atoms with E-state index in [0.717, 1.165) is 16.0 Å². The van der Waals surface area contributed by atoms with Crippen molar-refractivity contribution in [1.29, 1.82) is 0 Å². The number of carbonyl (C=O) groups is 1. The van der Waals surface area contributed by atoms with Gasteiger partial charge in [-0.1, -0.05) is 6.07 Å². The third kappa shape index (κ3) is 2.93. The van der Waals surface area contributed by atoms with Gasteiger partial charge in [0.2, 0.25) is 12.5 Å². The molecule has 0 saturated carbocycles. The molecule has 0 amide bonds. The molecule has 0 radical (unpaired) electrons. The number of benzene rings is 2. The molecule has 2 aromatic carbocycles. The number of fused-ring (bicyclic) bond motifs is 1. The third-order valence-corrected chi connectivity index (χ3v) is 5.07. The molecular formula is C19H14NO6S-. The quantitative estimate of drug-likeness (QED) is 0.668. The van der Waals surface area contributed by atoms with E-state index >= 15 is 0 Å². The van der Waals surface area contributed by atoms with Crippen LogP contribution >= 0.6 is 11.5 Å². The van der Waals surface area contributed by atoms with E-state index in [9.17, 15) is 9.90 Å². The molecule has 2 heterocycles. The van der Waals surface area contributed by atoms with Crippen molar-refractivity contribution < 1.29 is 28.8 Å². The van der Waals surface area contributed by atoms with Crippen LogP contribution in [0.3, 0.4) is 0 Å². The summed E-state index contributed by atoms with van der Waals surface area (Å²) in [7, 11) is 2.97. The Morgan fingerprint density at radius 2 is 1.93 bits per heavy atom. The van der Waals surface area contributed by atoms with Crippen LogP contribution < -0.4 is 24.1 Å². The first kappa shape index (κ1) is 17.2. The molecule has 1 aromatic heterocycles. The first-order valence-corrected chi connectivity index (χ1v) is 8.72. The van der Waals surface area contributed by atoms with E-state index in [2.05, 4.69) is 4.37 Å². The van der Waals surface area contributed by atoms with Crippen LogP contribution in [0.2, 0.25) is 0 Å². The summed E-state index contributed by atoms with van der Waals surface area (Å²) in [6, 6.07) is 8.59. The van der Waals surface area contributed by atoms with E-state index in [-0.39, 0.29) is 18.1 Å². The topological polar surface area (TPSA) is 89.9 Å². The van der Waals surface area contributed by atoms with Crippen LogP contribution in [0.25, 0.3) is 21.6 Å². The van der Waals surface area contributed by atoms with Crippen LogP contribution in [0.1, 0.15) is 10.4 Å². The van der Waals surface area contributed by atoms with Crippen molar-refractivity contribution in [2.45, 2.75) is 0 Å². The second-order valence-electron chi connectivity index (χ2n) is 5.68. The van der Waals surface area contributed by atoms with E-state index in [1.54, 1.807) is 25.4 Å². The number of aromatic carboxylic acids is 1. The molecule has 0 fully saturated rings. The predicted octanol–water partition coefficient (Wildman–Crippen LogP) is 2.59. The minimum absolute atomic E-state index is 0.0181. The zero-order chi connectivity index (χ0) is 19.0. The largest absolute Gasteiger partial charge is 0.545 e. The maximum atomic E-state index is 11.4. The monoisotopic (exact) mass is 384 g/mol. The van der Waals surface area contributed by atoms with Gasteiger partial charge >= 0.3 is 0 Å². The molecule has 3 aromatic rings. The number of ether oxygens (including phenoxy) is 4. The highest BCUT2D eigenvalue weighted by atomic mass is 32.1. The van der Waals surface area contributed by atoms with Gasteiger partial charge in [0.15, 0.2) is 11.5 Å². The van der Waals surface area contributed by atoms with Gasteiger partial charge in [-0.2, -0.15) is 4.37 Å². The summed E-state index contributed by atoms with van der Waals surface area (Å²) in [5, 5.41) is 11.4. The zero-order valence-electron chi connectivity index (χ0n) is 14.5. The Morgan fingerprint density at radius 1 is 1.11 bits per heavy atom. The highest BCUT2D eigenvalue weighted by Gasteiger charge is 2.22. The Kier molecular flexibility index (Phi) is 4.33. The fraction of sp³-hybridized carbons (Fsp3) is 0.158. The molecule has 138 valence electrons. The Balaban J connectivity index is 1.83. The molecule has 8 heteroatoms. The lowest BCUT2D eigenvalue weighted by molar-refractivity contribution is -0.255. The normalized spacial score (nSPS) is 12.1. The van der Waals surface area contributed by atoms with Crippen molar-refractivity contribution in [3.05, 3.63) is 42.1 Å². The van der Waals surface area contributed by atoms with E-state index in [0.29, 0.717) is 22.8 Å². The van der Waals surface area contributed by atoms with Crippen LogP contribution in [-0.4, -0.2) is 31.4 Å². The summed E-state index contributed by atoms with van der Waals surface area (Å²) in [5.41, 5.74) is 2.29. The van der Waals surface area contributed by atoms with Crippen molar-refractivity contribution in [3.63, 3.8) is 0 Å². The second kappa shape index (κ2) is 6.81.